The molecule has 0 bridgehead atoms. The molecule has 1 aliphatic rings. The van der Waals surface area contributed by atoms with Gasteiger partial charge in [0.05, 0.1) is 17.8 Å². The number of nitrogens with zero attached hydrogens (tertiary/aromatic N) is 1. The van der Waals surface area contributed by atoms with Crippen LogP contribution in [0.2, 0.25) is 0 Å². The quantitative estimate of drug-likeness (QED) is 0.411. The Morgan fingerprint density at radius 2 is 1.71 bits per heavy atom. The molecule has 4 rings (SSSR count). The van der Waals surface area contributed by atoms with Crippen molar-refractivity contribution in [1.29, 1.82) is 0 Å². The minimum absolute atomic E-state index is 0.0335. The number of hydrogen-bond donors (Lipinski definition) is 2. The third-order valence-electron chi connectivity index (χ3n) is 7.63. The monoisotopic (exact) mass is 511 g/mol. The van der Waals surface area contributed by atoms with Crippen LogP contribution in [0.3, 0.4) is 0 Å². The van der Waals surface area contributed by atoms with E-state index in [4.69, 9.17) is 5.73 Å². The maximum atomic E-state index is 13.4. The Kier molecular flexibility index (Phi) is 8.68. The molecule has 2 unspecified atom stereocenters. The third kappa shape index (κ3) is 6.16. The number of rotatable bonds is 8. The van der Waals surface area contributed by atoms with E-state index in [-0.39, 0.29) is 17.9 Å². The number of hydrogen-bond acceptors (Lipinski definition) is 3. The zero-order chi connectivity index (χ0) is 27.4. The highest BCUT2D eigenvalue weighted by atomic mass is 16.2. The second kappa shape index (κ2) is 12.0. The molecule has 0 aliphatic carbocycles. The molecule has 0 aromatic heterocycles. The number of anilines is 1. The highest BCUT2D eigenvalue weighted by Crippen LogP contribution is 2.39. The summed E-state index contributed by atoms with van der Waals surface area (Å²) >= 11 is 0. The Hall–Kier alpha value is -3.44. The number of fused-ring (bicyclic) bond motifs is 1. The van der Waals surface area contributed by atoms with E-state index in [9.17, 15) is 9.59 Å². The molecule has 1 heterocycles. The van der Waals surface area contributed by atoms with Gasteiger partial charge in [0.25, 0.3) is 0 Å². The van der Waals surface area contributed by atoms with Crippen LogP contribution in [0.25, 0.3) is 0 Å². The van der Waals surface area contributed by atoms with E-state index in [2.05, 4.69) is 81.5 Å². The van der Waals surface area contributed by atoms with E-state index >= 15 is 0 Å². The van der Waals surface area contributed by atoms with Crippen LogP contribution in [-0.4, -0.2) is 24.4 Å². The van der Waals surface area contributed by atoms with Gasteiger partial charge in [-0.2, -0.15) is 0 Å². The lowest BCUT2D eigenvalue weighted by Gasteiger charge is -2.37. The Labute approximate surface area is 227 Å². The molecular formula is C33H41N3O2. The molecule has 0 radical (unpaired) electrons. The largest absolute Gasteiger partial charge is 0.348 e. The van der Waals surface area contributed by atoms with Gasteiger partial charge in [0.1, 0.15) is 0 Å². The predicted octanol–water partition coefficient (Wildman–Crippen LogP) is 5.64. The Morgan fingerprint density at radius 1 is 1.03 bits per heavy atom. The molecule has 3 N–H and O–H groups in total. The van der Waals surface area contributed by atoms with Crippen molar-refractivity contribution in [3.05, 3.63) is 99.1 Å². The van der Waals surface area contributed by atoms with E-state index < -0.39 is 6.04 Å². The van der Waals surface area contributed by atoms with Crippen molar-refractivity contribution in [1.82, 2.24) is 5.32 Å². The number of carbonyl (C=O) groups is 2. The van der Waals surface area contributed by atoms with Gasteiger partial charge in [-0.25, -0.2) is 0 Å². The summed E-state index contributed by atoms with van der Waals surface area (Å²) in [6, 6.07) is 18.3. The highest BCUT2D eigenvalue weighted by molar-refractivity contribution is 5.94. The van der Waals surface area contributed by atoms with Gasteiger partial charge in [-0.1, -0.05) is 73.5 Å². The van der Waals surface area contributed by atoms with Gasteiger partial charge in [0.15, 0.2) is 0 Å². The van der Waals surface area contributed by atoms with Crippen LogP contribution in [0.1, 0.15) is 77.2 Å². The van der Waals surface area contributed by atoms with Gasteiger partial charge in [0, 0.05) is 13.5 Å². The lowest BCUT2D eigenvalue weighted by atomic mass is 9.88. The van der Waals surface area contributed by atoms with Crippen LogP contribution in [0.15, 0.2) is 54.6 Å². The summed E-state index contributed by atoms with van der Waals surface area (Å²) in [6.45, 7) is 10.6. The molecule has 0 spiro atoms. The zero-order valence-electron chi connectivity index (χ0n) is 23.4. The fraction of sp³-hybridized carbons (Fsp3) is 0.394. The van der Waals surface area contributed by atoms with Crippen LogP contribution in [0.4, 0.5) is 5.69 Å². The number of carbonyl (C=O) groups excluding carboxylic acids is 2. The first-order valence-corrected chi connectivity index (χ1v) is 13.8. The van der Waals surface area contributed by atoms with Crippen molar-refractivity contribution >= 4 is 17.5 Å². The zero-order valence-corrected chi connectivity index (χ0v) is 23.4. The van der Waals surface area contributed by atoms with Gasteiger partial charge >= 0.3 is 0 Å². The van der Waals surface area contributed by atoms with Gasteiger partial charge in [0.2, 0.25) is 11.8 Å². The van der Waals surface area contributed by atoms with Crippen molar-refractivity contribution in [3.8, 4) is 0 Å². The van der Waals surface area contributed by atoms with Crippen LogP contribution >= 0.6 is 0 Å². The topological polar surface area (TPSA) is 75.4 Å². The second-order valence-corrected chi connectivity index (χ2v) is 10.8. The summed E-state index contributed by atoms with van der Waals surface area (Å²) in [4.78, 5) is 27.9. The third-order valence-corrected chi connectivity index (χ3v) is 7.63. The SMILES string of the molecule is CCCc1cc(Cc2ccccc2)cc2c1N(C(C)=O)CCC2NC(=O)C(N)Cc1c(C)cc(C)cc1C. The molecule has 0 saturated carbocycles. The molecular weight excluding hydrogens is 470 g/mol. The number of aryl methyl sites for hydroxylation is 4. The lowest BCUT2D eigenvalue weighted by Crippen LogP contribution is -2.46. The number of amides is 2. The average molecular weight is 512 g/mol. The maximum absolute atomic E-state index is 13.4. The first-order valence-electron chi connectivity index (χ1n) is 13.8. The first kappa shape index (κ1) is 27.6. The molecule has 0 saturated heterocycles. The molecule has 5 heteroatoms. The molecule has 38 heavy (non-hydrogen) atoms. The van der Waals surface area contributed by atoms with E-state index in [1.807, 2.05) is 11.0 Å². The number of nitrogens with two attached hydrogens (primary N) is 1. The standard InChI is InChI=1S/C33H41N3O2/c1-6-10-27-18-26(17-25-11-8-7-9-12-25)19-29-31(13-14-36(24(5)37)32(27)29)35-33(38)30(34)20-28-22(3)15-21(2)16-23(28)4/h7-9,11-12,15-16,18-19,30-31H,6,10,13-14,17,20,34H2,1-5H3,(H,35,38). The Bertz CT molecular complexity index is 1290. The minimum Gasteiger partial charge on any atom is -0.348 e. The minimum atomic E-state index is -0.646. The summed E-state index contributed by atoms with van der Waals surface area (Å²) in [7, 11) is 0. The average Bonchev–Trinajstić information content (AvgIpc) is 2.87. The summed E-state index contributed by atoms with van der Waals surface area (Å²) in [5, 5.41) is 3.26. The molecule has 2 amide bonds. The van der Waals surface area contributed by atoms with Gasteiger partial charge in [-0.3, -0.25) is 9.59 Å². The van der Waals surface area contributed by atoms with Gasteiger partial charge in [-0.15, -0.1) is 0 Å². The Balaban J connectivity index is 1.65. The molecule has 0 fully saturated rings. The normalized spacial score (nSPS) is 15.6. The van der Waals surface area contributed by atoms with E-state index in [0.29, 0.717) is 19.4 Å². The summed E-state index contributed by atoms with van der Waals surface area (Å²) < 4.78 is 0. The summed E-state index contributed by atoms with van der Waals surface area (Å²) in [6.07, 6.45) is 3.81. The van der Waals surface area contributed by atoms with Crippen LogP contribution < -0.4 is 16.0 Å². The van der Waals surface area contributed by atoms with Crippen LogP contribution in [0.5, 0.6) is 0 Å². The first-order chi connectivity index (χ1) is 18.2. The van der Waals surface area contributed by atoms with Gasteiger partial charge in [-0.05, 0) is 85.4 Å². The number of benzene rings is 3. The molecule has 5 nitrogen and oxygen atoms in total. The summed E-state index contributed by atoms with van der Waals surface area (Å²) in [5.41, 5.74) is 16.7. The van der Waals surface area contributed by atoms with Crippen molar-refractivity contribution in [3.63, 3.8) is 0 Å². The fourth-order valence-corrected chi connectivity index (χ4v) is 5.89. The summed E-state index contributed by atoms with van der Waals surface area (Å²) in [5.74, 6) is -0.117. The van der Waals surface area contributed by atoms with E-state index in [1.165, 1.54) is 33.4 Å². The predicted molar refractivity (Wildman–Crippen MR) is 156 cm³/mol. The molecule has 200 valence electrons. The molecule has 1 aliphatic heterocycles. The highest BCUT2D eigenvalue weighted by Gasteiger charge is 2.32. The molecule has 2 atom stereocenters. The smallest absolute Gasteiger partial charge is 0.237 e. The van der Waals surface area contributed by atoms with Crippen molar-refractivity contribution in [2.45, 2.75) is 78.8 Å². The molecule has 3 aromatic carbocycles. The van der Waals surface area contributed by atoms with E-state index in [1.54, 1.807) is 6.92 Å². The lowest BCUT2D eigenvalue weighted by molar-refractivity contribution is -0.123. The Morgan fingerprint density at radius 3 is 2.34 bits per heavy atom. The van der Waals surface area contributed by atoms with E-state index in [0.717, 1.165) is 36.1 Å². The van der Waals surface area contributed by atoms with Crippen molar-refractivity contribution in [2.24, 2.45) is 5.73 Å². The van der Waals surface area contributed by atoms with Crippen LogP contribution in [0, 0.1) is 20.8 Å². The number of nitrogens with one attached hydrogen (secondary N) is 1. The molecule has 3 aromatic rings. The fourth-order valence-electron chi connectivity index (χ4n) is 5.89. The van der Waals surface area contributed by atoms with Crippen molar-refractivity contribution in [2.75, 3.05) is 11.4 Å². The van der Waals surface area contributed by atoms with Crippen LogP contribution in [-0.2, 0) is 28.9 Å². The second-order valence-electron chi connectivity index (χ2n) is 10.8. The maximum Gasteiger partial charge on any atom is 0.237 e. The van der Waals surface area contributed by atoms with Crippen molar-refractivity contribution < 1.29 is 9.59 Å². The van der Waals surface area contributed by atoms with Gasteiger partial charge < -0.3 is 16.0 Å².